The highest BCUT2D eigenvalue weighted by molar-refractivity contribution is 5.79. The fraction of sp³-hybridized carbons (Fsp3) is 0.300. The van der Waals surface area contributed by atoms with Crippen molar-refractivity contribution in [1.29, 1.82) is 0 Å². The zero-order valence-corrected chi connectivity index (χ0v) is 15.9. The fourth-order valence-corrected chi connectivity index (χ4v) is 3.21. The first-order valence-electron chi connectivity index (χ1n) is 9.22. The number of hydrogen-bond acceptors (Lipinski definition) is 7. The number of rotatable bonds is 4. The molecule has 29 heavy (non-hydrogen) atoms. The molecule has 1 aliphatic heterocycles. The lowest BCUT2D eigenvalue weighted by atomic mass is 10.2. The highest BCUT2D eigenvalue weighted by Crippen LogP contribution is 2.20. The Morgan fingerprint density at radius 3 is 2.62 bits per heavy atom. The van der Waals surface area contributed by atoms with Crippen molar-refractivity contribution in [2.75, 3.05) is 37.7 Å². The van der Waals surface area contributed by atoms with Crippen LogP contribution in [-0.2, 0) is 11.8 Å². The maximum atomic E-state index is 12.5. The van der Waals surface area contributed by atoms with E-state index in [0.717, 1.165) is 11.1 Å². The molecule has 4 rings (SSSR count). The lowest BCUT2D eigenvalue weighted by Gasteiger charge is -2.35. The van der Waals surface area contributed by atoms with Crippen LogP contribution < -0.4 is 20.8 Å². The summed E-state index contributed by atoms with van der Waals surface area (Å²) in [5.41, 5.74) is 0.573. The number of anilines is 1. The minimum absolute atomic E-state index is 0.101. The van der Waals surface area contributed by atoms with Gasteiger partial charge in [-0.1, -0.05) is 0 Å². The summed E-state index contributed by atoms with van der Waals surface area (Å²) in [5.74, 6) is 0.339. The predicted octanol–water partition coefficient (Wildman–Crippen LogP) is 0.614. The van der Waals surface area contributed by atoms with E-state index in [4.69, 9.17) is 9.15 Å². The Morgan fingerprint density at radius 2 is 1.86 bits per heavy atom. The van der Waals surface area contributed by atoms with Gasteiger partial charge in [0.2, 0.25) is 0 Å². The number of amides is 1. The van der Waals surface area contributed by atoms with Crippen molar-refractivity contribution in [1.82, 2.24) is 14.7 Å². The molecule has 0 aliphatic carbocycles. The molecular formula is C20H20N4O5. The van der Waals surface area contributed by atoms with E-state index in [2.05, 4.69) is 5.10 Å². The number of hydrogen-bond donors (Lipinski definition) is 0. The van der Waals surface area contributed by atoms with Crippen LogP contribution in [0, 0.1) is 0 Å². The quantitative estimate of drug-likeness (QED) is 0.596. The van der Waals surface area contributed by atoms with E-state index in [0.29, 0.717) is 37.5 Å². The minimum atomic E-state index is -0.435. The Bertz CT molecular complexity index is 1160. The molecule has 9 heteroatoms. The lowest BCUT2D eigenvalue weighted by Crippen LogP contribution is -2.50. The van der Waals surface area contributed by atoms with E-state index in [1.807, 2.05) is 4.90 Å². The molecule has 0 N–H and O–H groups in total. The fourth-order valence-electron chi connectivity index (χ4n) is 3.21. The van der Waals surface area contributed by atoms with Crippen LogP contribution >= 0.6 is 0 Å². The van der Waals surface area contributed by atoms with Crippen molar-refractivity contribution in [3.05, 3.63) is 63.4 Å². The summed E-state index contributed by atoms with van der Waals surface area (Å²) < 4.78 is 12.0. The number of piperazine rings is 1. The second kappa shape index (κ2) is 7.78. The van der Waals surface area contributed by atoms with Gasteiger partial charge in [-0.05, 0) is 18.2 Å². The summed E-state index contributed by atoms with van der Waals surface area (Å²) in [7, 11) is 1.60. The van der Waals surface area contributed by atoms with Crippen LogP contribution in [0.4, 0.5) is 5.69 Å². The van der Waals surface area contributed by atoms with Gasteiger partial charge in [0.05, 0.1) is 11.9 Å². The first-order chi connectivity index (χ1) is 14.0. The Balaban J connectivity index is 1.33. The Kier molecular flexibility index (Phi) is 5.03. The maximum Gasteiger partial charge on any atom is 0.336 e. The van der Waals surface area contributed by atoms with Crippen molar-refractivity contribution in [3.8, 4) is 5.75 Å². The van der Waals surface area contributed by atoms with Crippen LogP contribution in [0.2, 0.25) is 0 Å². The third-order valence-electron chi connectivity index (χ3n) is 4.91. The van der Waals surface area contributed by atoms with Crippen molar-refractivity contribution in [2.24, 2.45) is 7.05 Å². The van der Waals surface area contributed by atoms with Crippen LogP contribution in [-0.4, -0.2) is 53.4 Å². The molecule has 2 aromatic heterocycles. The van der Waals surface area contributed by atoms with Gasteiger partial charge in [0.1, 0.15) is 11.3 Å². The van der Waals surface area contributed by atoms with Gasteiger partial charge < -0.3 is 19.0 Å². The van der Waals surface area contributed by atoms with Gasteiger partial charge in [0, 0.05) is 56.8 Å². The van der Waals surface area contributed by atoms with Crippen molar-refractivity contribution in [3.63, 3.8) is 0 Å². The topological polar surface area (TPSA) is 97.9 Å². The Labute approximate surface area is 165 Å². The number of aromatic nitrogens is 2. The zero-order chi connectivity index (χ0) is 20.4. The number of benzene rings is 1. The lowest BCUT2D eigenvalue weighted by molar-refractivity contribution is -0.133. The van der Waals surface area contributed by atoms with Crippen LogP contribution in [0.1, 0.15) is 0 Å². The molecule has 9 nitrogen and oxygen atoms in total. The molecule has 1 aliphatic rings. The largest absolute Gasteiger partial charge is 0.484 e. The van der Waals surface area contributed by atoms with Gasteiger partial charge >= 0.3 is 5.63 Å². The van der Waals surface area contributed by atoms with E-state index >= 15 is 0 Å². The highest BCUT2D eigenvalue weighted by atomic mass is 16.5. The van der Waals surface area contributed by atoms with E-state index in [1.54, 1.807) is 48.5 Å². The molecule has 3 aromatic rings. The normalized spacial score (nSPS) is 14.2. The number of carbonyl (C=O) groups is 1. The van der Waals surface area contributed by atoms with E-state index in [-0.39, 0.29) is 18.1 Å². The van der Waals surface area contributed by atoms with Crippen molar-refractivity contribution in [2.45, 2.75) is 0 Å². The molecule has 1 aromatic carbocycles. The van der Waals surface area contributed by atoms with Crippen molar-refractivity contribution >= 4 is 22.6 Å². The average molecular weight is 396 g/mol. The summed E-state index contributed by atoms with van der Waals surface area (Å²) in [4.78, 5) is 39.3. The third-order valence-corrected chi connectivity index (χ3v) is 4.91. The SMILES string of the molecule is Cn1ncc(N2CCN(C(=O)COc3ccc4ccc(=O)oc4c3)CC2)cc1=O. The summed E-state index contributed by atoms with van der Waals surface area (Å²) in [6.07, 6.45) is 1.65. The molecule has 150 valence electrons. The average Bonchev–Trinajstić information content (AvgIpc) is 2.73. The second-order valence-corrected chi connectivity index (χ2v) is 6.79. The van der Waals surface area contributed by atoms with E-state index < -0.39 is 5.63 Å². The molecule has 0 radical (unpaired) electrons. The van der Waals surface area contributed by atoms with Gasteiger partial charge in [0.15, 0.2) is 6.61 Å². The Hall–Kier alpha value is -3.62. The summed E-state index contributed by atoms with van der Waals surface area (Å²) in [5, 5.41) is 4.81. The van der Waals surface area contributed by atoms with Crippen molar-refractivity contribution < 1.29 is 13.9 Å². The molecule has 0 atom stereocenters. The first kappa shape index (κ1) is 18.7. The Morgan fingerprint density at radius 1 is 1.10 bits per heavy atom. The van der Waals surface area contributed by atoms with E-state index in [9.17, 15) is 14.4 Å². The minimum Gasteiger partial charge on any atom is -0.484 e. The van der Waals surface area contributed by atoms with Crippen LogP contribution in [0.3, 0.4) is 0 Å². The molecular weight excluding hydrogens is 376 g/mol. The smallest absolute Gasteiger partial charge is 0.336 e. The monoisotopic (exact) mass is 396 g/mol. The van der Waals surface area contributed by atoms with Gasteiger partial charge in [0.25, 0.3) is 11.5 Å². The predicted molar refractivity (Wildman–Crippen MR) is 106 cm³/mol. The molecule has 0 saturated carbocycles. The zero-order valence-electron chi connectivity index (χ0n) is 15.9. The first-order valence-corrected chi connectivity index (χ1v) is 9.22. The standard InChI is InChI=1S/C20H20N4O5/c1-22-18(25)10-15(12-21-22)23-6-8-24(9-7-23)19(26)13-28-16-4-2-14-3-5-20(27)29-17(14)11-16/h2-5,10-12H,6-9,13H2,1H3. The molecule has 0 unspecified atom stereocenters. The van der Waals surface area contributed by atoms with Crippen LogP contribution in [0.15, 0.2) is 56.6 Å². The number of nitrogens with zero attached hydrogens (tertiary/aromatic N) is 4. The highest BCUT2D eigenvalue weighted by Gasteiger charge is 2.22. The summed E-state index contributed by atoms with van der Waals surface area (Å²) in [6.45, 7) is 2.19. The summed E-state index contributed by atoms with van der Waals surface area (Å²) >= 11 is 0. The van der Waals surface area contributed by atoms with E-state index in [1.165, 1.54) is 10.7 Å². The molecule has 3 heterocycles. The second-order valence-electron chi connectivity index (χ2n) is 6.79. The molecule has 1 amide bonds. The number of fused-ring (bicyclic) bond motifs is 1. The van der Waals surface area contributed by atoms with Gasteiger partial charge in [-0.3, -0.25) is 9.59 Å². The number of carbonyl (C=O) groups excluding carboxylic acids is 1. The molecule has 1 fully saturated rings. The molecule has 1 saturated heterocycles. The maximum absolute atomic E-state index is 12.5. The third kappa shape index (κ3) is 4.13. The molecule has 0 bridgehead atoms. The van der Waals surface area contributed by atoms with Crippen LogP contribution in [0.25, 0.3) is 11.0 Å². The molecule has 0 spiro atoms. The summed E-state index contributed by atoms with van der Waals surface area (Å²) in [6, 6.07) is 9.69. The van der Waals surface area contributed by atoms with Gasteiger partial charge in [-0.25, -0.2) is 9.48 Å². The van der Waals surface area contributed by atoms with Gasteiger partial charge in [-0.2, -0.15) is 5.10 Å². The van der Waals surface area contributed by atoms with Gasteiger partial charge in [-0.15, -0.1) is 0 Å². The number of ether oxygens (including phenoxy) is 1. The number of aryl methyl sites for hydroxylation is 1. The van der Waals surface area contributed by atoms with Crippen LogP contribution in [0.5, 0.6) is 5.75 Å².